The minimum Gasteiger partial charge on any atom is -0.478 e. The van der Waals surface area contributed by atoms with Gasteiger partial charge in [0.1, 0.15) is 0 Å². The summed E-state index contributed by atoms with van der Waals surface area (Å²) in [5.74, 6) is -0.941. The largest absolute Gasteiger partial charge is 0.478 e. The van der Waals surface area contributed by atoms with Crippen LogP contribution >= 0.6 is 0 Å². The van der Waals surface area contributed by atoms with Gasteiger partial charge in [0.05, 0.1) is 11.8 Å². The van der Waals surface area contributed by atoms with Gasteiger partial charge in [-0.25, -0.2) is 17.5 Å². The van der Waals surface area contributed by atoms with E-state index in [1.807, 2.05) is 13.0 Å². The zero-order valence-corrected chi connectivity index (χ0v) is 13.2. The molecule has 0 saturated carbocycles. The predicted molar refractivity (Wildman–Crippen MR) is 81.8 cm³/mol. The van der Waals surface area contributed by atoms with Gasteiger partial charge in [-0.3, -0.25) is 0 Å². The molecular weight excluding hydrogens is 292 g/mol. The quantitative estimate of drug-likeness (QED) is 0.668. The topological polar surface area (TPSA) is 86.7 Å². The standard InChI is InChI=1S/C14H22N2O4S/c1-3-16(21(2,19)20)9-5-8-15-11-12-6-4-7-13(10-12)14(17)18/h4,6-7,10,15H,3,5,8-9,11H2,1-2H3,(H,17,18). The van der Waals surface area contributed by atoms with Crippen molar-refractivity contribution in [2.24, 2.45) is 0 Å². The van der Waals surface area contributed by atoms with Crippen molar-refractivity contribution in [3.05, 3.63) is 35.4 Å². The summed E-state index contributed by atoms with van der Waals surface area (Å²) in [6.45, 7) is 4.00. The van der Waals surface area contributed by atoms with Gasteiger partial charge in [0, 0.05) is 19.6 Å². The van der Waals surface area contributed by atoms with E-state index < -0.39 is 16.0 Å². The summed E-state index contributed by atoms with van der Waals surface area (Å²) < 4.78 is 24.2. The van der Waals surface area contributed by atoms with Crippen LogP contribution in [-0.4, -0.2) is 49.7 Å². The second-order valence-corrected chi connectivity index (χ2v) is 6.77. The van der Waals surface area contributed by atoms with Gasteiger partial charge in [0.15, 0.2) is 0 Å². The van der Waals surface area contributed by atoms with Gasteiger partial charge in [0.25, 0.3) is 0 Å². The summed E-state index contributed by atoms with van der Waals surface area (Å²) in [5, 5.41) is 12.1. The SMILES string of the molecule is CCN(CCCNCc1cccc(C(=O)O)c1)S(C)(=O)=O. The van der Waals surface area contributed by atoms with Crippen molar-refractivity contribution in [3.8, 4) is 0 Å². The number of carboxylic acids is 1. The fourth-order valence-corrected chi connectivity index (χ4v) is 2.92. The minimum atomic E-state index is -3.13. The van der Waals surface area contributed by atoms with Gasteiger partial charge in [0.2, 0.25) is 10.0 Å². The number of nitrogens with one attached hydrogen (secondary N) is 1. The van der Waals surface area contributed by atoms with Crippen LogP contribution in [0, 0.1) is 0 Å². The van der Waals surface area contributed by atoms with Crippen molar-refractivity contribution in [2.75, 3.05) is 25.9 Å². The molecule has 0 atom stereocenters. The lowest BCUT2D eigenvalue weighted by atomic mass is 10.1. The van der Waals surface area contributed by atoms with Crippen LogP contribution in [0.2, 0.25) is 0 Å². The molecule has 0 heterocycles. The van der Waals surface area contributed by atoms with Crippen LogP contribution in [0.25, 0.3) is 0 Å². The zero-order valence-electron chi connectivity index (χ0n) is 12.4. The van der Waals surface area contributed by atoms with E-state index in [-0.39, 0.29) is 5.56 Å². The number of carbonyl (C=O) groups is 1. The molecule has 118 valence electrons. The van der Waals surface area contributed by atoms with Crippen LogP contribution in [0.1, 0.15) is 29.3 Å². The maximum absolute atomic E-state index is 11.4. The lowest BCUT2D eigenvalue weighted by molar-refractivity contribution is 0.0696. The number of carboxylic acid groups (broad SMARTS) is 1. The minimum absolute atomic E-state index is 0.267. The third-order valence-electron chi connectivity index (χ3n) is 3.09. The second-order valence-electron chi connectivity index (χ2n) is 4.79. The molecule has 0 saturated heterocycles. The first-order chi connectivity index (χ1) is 9.84. The third-order valence-corrected chi connectivity index (χ3v) is 4.46. The molecule has 0 radical (unpaired) electrons. The Bertz CT molecular complexity index is 572. The molecule has 2 N–H and O–H groups in total. The first-order valence-electron chi connectivity index (χ1n) is 6.82. The zero-order chi connectivity index (χ0) is 15.9. The Morgan fingerprint density at radius 3 is 2.67 bits per heavy atom. The van der Waals surface area contributed by atoms with E-state index in [9.17, 15) is 13.2 Å². The van der Waals surface area contributed by atoms with Crippen LogP contribution in [0.3, 0.4) is 0 Å². The summed E-state index contributed by atoms with van der Waals surface area (Å²) in [6, 6.07) is 6.75. The molecular formula is C14H22N2O4S. The molecule has 0 aliphatic carbocycles. The highest BCUT2D eigenvalue weighted by atomic mass is 32.2. The van der Waals surface area contributed by atoms with Crippen molar-refractivity contribution >= 4 is 16.0 Å². The summed E-state index contributed by atoms with van der Waals surface area (Å²) in [4.78, 5) is 10.8. The number of aromatic carboxylic acids is 1. The maximum atomic E-state index is 11.4. The Balaban J connectivity index is 2.35. The van der Waals surface area contributed by atoms with Crippen LogP contribution in [0.4, 0.5) is 0 Å². The fraction of sp³-hybridized carbons (Fsp3) is 0.500. The van der Waals surface area contributed by atoms with E-state index in [1.165, 1.54) is 10.6 Å². The number of rotatable bonds is 9. The molecule has 0 aromatic heterocycles. The Morgan fingerprint density at radius 2 is 2.10 bits per heavy atom. The summed E-state index contributed by atoms with van der Waals surface area (Å²) in [6.07, 6.45) is 1.92. The Labute approximate surface area is 125 Å². The van der Waals surface area contributed by atoms with Crippen molar-refractivity contribution in [1.82, 2.24) is 9.62 Å². The van der Waals surface area contributed by atoms with E-state index in [1.54, 1.807) is 18.2 Å². The molecule has 0 unspecified atom stereocenters. The molecule has 0 aliphatic heterocycles. The van der Waals surface area contributed by atoms with Crippen LogP contribution in [0.5, 0.6) is 0 Å². The van der Waals surface area contributed by atoms with Crippen LogP contribution in [-0.2, 0) is 16.6 Å². The van der Waals surface area contributed by atoms with Crippen molar-refractivity contribution in [1.29, 1.82) is 0 Å². The summed E-state index contributed by atoms with van der Waals surface area (Å²) in [5.41, 5.74) is 1.16. The molecule has 0 amide bonds. The maximum Gasteiger partial charge on any atom is 0.335 e. The summed E-state index contributed by atoms with van der Waals surface area (Å²) >= 11 is 0. The van der Waals surface area contributed by atoms with Crippen molar-refractivity contribution in [3.63, 3.8) is 0 Å². The number of benzene rings is 1. The Hall–Kier alpha value is -1.44. The molecule has 0 bridgehead atoms. The first-order valence-corrected chi connectivity index (χ1v) is 8.67. The molecule has 1 rings (SSSR count). The number of hydrogen-bond donors (Lipinski definition) is 2. The average molecular weight is 314 g/mol. The molecule has 1 aromatic rings. The highest BCUT2D eigenvalue weighted by Crippen LogP contribution is 2.05. The Kier molecular flexibility index (Phi) is 6.80. The van der Waals surface area contributed by atoms with Crippen LogP contribution in [0.15, 0.2) is 24.3 Å². The predicted octanol–water partition coefficient (Wildman–Crippen LogP) is 1.15. The molecule has 0 spiro atoms. The Morgan fingerprint density at radius 1 is 1.38 bits per heavy atom. The van der Waals surface area contributed by atoms with E-state index >= 15 is 0 Å². The highest BCUT2D eigenvalue weighted by molar-refractivity contribution is 7.88. The lowest BCUT2D eigenvalue weighted by Crippen LogP contribution is -2.32. The van der Waals surface area contributed by atoms with Gasteiger partial charge in [-0.05, 0) is 30.7 Å². The van der Waals surface area contributed by atoms with Crippen molar-refractivity contribution < 1.29 is 18.3 Å². The monoisotopic (exact) mass is 314 g/mol. The normalized spacial score (nSPS) is 11.8. The van der Waals surface area contributed by atoms with Gasteiger partial charge >= 0.3 is 5.97 Å². The third kappa shape index (κ3) is 6.24. The molecule has 6 nitrogen and oxygen atoms in total. The highest BCUT2D eigenvalue weighted by Gasteiger charge is 2.12. The first kappa shape index (κ1) is 17.6. The van der Waals surface area contributed by atoms with Gasteiger partial charge in [-0.1, -0.05) is 19.1 Å². The van der Waals surface area contributed by atoms with Crippen molar-refractivity contribution in [2.45, 2.75) is 19.9 Å². The van der Waals surface area contributed by atoms with Gasteiger partial charge < -0.3 is 10.4 Å². The van der Waals surface area contributed by atoms with E-state index in [2.05, 4.69) is 5.32 Å². The lowest BCUT2D eigenvalue weighted by Gasteiger charge is -2.17. The van der Waals surface area contributed by atoms with Gasteiger partial charge in [-0.2, -0.15) is 0 Å². The average Bonchev–Trinajstić information content (AvgIpc) is 2.41. The fourth-order valence-electron chi connectivity index (χ4n) is 1.99. The second kappa shape index (κ2) is 8.11. The van der Waals surface area contributed by atoms with Crippen LogP contribution < -0.4 is 5.32 Å². The molecule has 7 heteroatoms. The van der Waals surface area contributed by atoms with E-state index in [4.69, 9.17) is 5.11 Å². The number of sulfonamides is 1. The number of nitrogens with zero attached hydrogens (tertiary/aromatic N) is 1. The number of hydrogen-bond acceptors (Lipinski definition) is 4. The molecule has 1 aromatic carbocycles. The van der Waals surface area contributed by atoms with Gasteiger partial charge in [-0.15, -0.1) is 0 Å². The molecule has 21 heavy (non-hydrogen) atoms. The smallest absolute Gasteiger partial charge is 0.335 e. The molecule has 0 aliphatic rings. The van der Waals surface area contributed by atoms with E-state index in [0.717, 1.165) is 5.56 Å². The summed E-state index contributed by atoms with van der Waals surface area (Å²) in [7, 11) is -3.13. The van der Waals surface area contributed by atoms with E-state index in [0.29, 0.717) is 32.6 Å². The molecule has 0 fully saturated rings.